The average Bonchev–Trinajstić information content (AvgIpc) is 2.57. The van der Waals surface area contributed by atoms with Gasteiger partial charge in [0.1, 0.15) is 5.78 Å². The standard InChI is InChI=1S/C13H20O/c14-13-6-5-11-7-9-3-1-2-4-10(9)8-12(11)13/h9-12H,1-8H2. The molecule has 3 saturated carbocycles. The Bertz CT molecular complexity index is 246. The second-order valence-electron chi connectivity index (χ2n) is 5.65. The maximum Gasteiger partial charge on any atom is 0.136 e. The van der Waals surface area contributed by atoms with Crippen LogP contribution in [0.1, 0.15) is 51.4 Å². The number of hydrogen-bond donors (Lipinski definition) is 0. The first-order valence-electron chi connectivity index (χ1n) is 6.37. The van der Waals surface area contributed by atoms with E-state index in [1.165, 1.54) is 44.9 Å². The number of rotatable bonds is 0. The minimum atomic E-state index is 0.495. The SMILES string of the molecule is O=C1CCC2CC3CCCCC3CC12. The van der Waals surface area contributed by atoms with E-state index < -0.39 is 0 Å². The molecule has 0 saturated heterocycles. The second kappa shape index (κ2) is 3.36. The summed E-state index contributed by atoms with van der Waals surface area (Å²) in [5.74, 6) is 3.80. The highest BCUT2D eigenvalue weighted by Gasteiger charge is 2.43. The van der Waals surface area contributed by atoms with Gasteiger partial charge in [-0.2, -0.15) is 0 Å². The lowest BCUT2D eigenvalue weighted by atomic mass is 9.64. The van der Waals surface area contributed by atoms with Crippen LogP contribution in [0.5, 0.6) is 0 Å². The fraction of sp³-hybridized carbons (Fsp3) is 0.923. The van der Waals surface area contributed by atoms with Gasteiger partial charge in [0.25, 0.3) is 0 Å². The molecule has 0 bridgehead atoms. The second-order valence-corrected chi connectivity index (χ2v) is 5.65. The first-order chi connectivity index (χ1) is 6.84. The van der Waals surface area contributed by atoms with E-state index in [4.69, 9.17) is 0 Å². The molecule has 4 atom stereocenters. The van der Waals surface area contributed by atoms with Gasteiger partial charge in [-0.15, -0.1) is 0 Å². The summed E-state index contributed by atoms with van der Waals surface area (Å²) < 4.78 is 0. The number of hydrogen-bond acceptors (Lipinski definition) is 1. The van der Waals surface area contributed by atoms with Gasteiger partial charge < -0.3 is 0 Å². The molecule has 14 heavy (non-hydrogen) atoms. The Labute approximate surface area is 86.3 Å². The molecule has 0 N–H and O–H groups in total. The summed E-state index contributed by atoms with van der Waals surface area (Å²) in [6.07, 6.45) is 10.5. The van der Waals surface area contributed by atoms with Crippen molar-refractivity contribution in [2.75, 3.05) is 0 Å². The number of fused-ring (bicyclic) bond motifs is 2. The third kappa shape index (κ3) is 1.32. The predicted molar refractivity (Wildman–Crippen MR) is 55.9 cm³/mol. The first-order valence-corrected chi connectivity index (χ1v) is 6.37. The van der Waals surface area contributed by atoms with Crippen molar-refractivity contribution in [1.29, 1.82) is 0 Å². The monoisotopic (exact) mass is 192 g/mol. The Morgan fingerprint density at radius 2 is 1.57 bits per heavy atom. The van der Waals surface area contributed by atoms with Crippen molar-refractivity contribution in [3.8, 4) is 0 Å². The number of carbonyl (C=O) groups excluding carboxylic acids is 1. The lowest BCUT2D eigenvalue weighted by Crippen LogP contribution is -2.33. The van der Waals surface area contributed by atoms with Gasteiger partial charge in [0.15, 0.2) is 0 Å². The zero-order valence-electron chi connectivity index (χ0n) is 8.87. The van der Waals surface area contributed by atoms with Gasteiger partial charge >= 0.3 is 0 Å². The van der Waals surface area contributed by atoms with E-state index in [9.17, 15) is 4.79 Å². The molecule has 78 valence electrons. The fourth-order valence-electron chi connectivity index (χ4n) is 4.20. The van der Waals surface area contributed by atoms with E-state index in [1.807, 2.05) is 0 Å². The minimum absolute atomic E-state index is 0.495. The van der Waals surface area contributed by atoms with E-state index in [2.05, 4.69) is 0 Å². The zero-order chi connectivity index (χ0) is 9.54. The molecule has 0 aromatic heterocycles. The van der Waals surface area contributed by atoms with Crippen molar-refractivity contribution in [1.82, 2.24) is 0 Å². The highest BCUT2D eigenvalue weighted by molar-refractivity contribution is 5.83. The van der Waals surface area contributed by atoms with Crippen LogP contribution >= 0.6 is 0 Å². The van der Waals surface area contributed by atoms with E-state index in [1.54, 1.807) is 0 Å². The molecule has 3 aliphatic rings. The van der Waals surface area contributed by atoms with Crippen molar-refractivity contribution in [2.24, 2.45) is 23.7 Å². The molecule has 3 aliphatic carbocycles. The van der Waals surface area contributed by atoms with Crippen LogP contribution in [0.4, 0.5) is 0 Å². The van der Waals surface area contributed by atoms with Gasteiger partial charge in [-0.25, -0.2) is 0 Å². The molecule has 0 aromatic carbocycles. The van der Waals surface area contributed by atoms with Crippen LogP contribution in [0, 0.1) is 23.7 Å². The largest absolute Gasteiger partial charge is 0.299 e. The number of carbonyl (C=O) groups is 1. The van der Waals surface area contributed by atoms with Crippen LogP contribution in [0.15, 0.2) is 0 Å². The van der Waals surface area contributed by atoms with Crippen LogP contribution in [-0.4, -0.2) is 5.78 Å². The van der Waals surface area contributed by atoms with E-state index in [-0.39, 0.29) is 0 Å². The van der Waals surface area contributed by atoms with Crippen LogP contribution in [0.25, 0.3) is 0 Å². The van der Waals surface area contributed by atoms with Crippen molar-refractivity contribution >= 4 is 5.78 Å². The molecule has 4 unspecified atom stereocenters. The first kappa shape index (κ1) is 8.94. The van der Waals surface area contributed by atoms with Gasteiger partial charge in [0.05, 0.1) is 0 Å². The van der Waals surface area contributed by atoms with E-state index in [0.717, 1.165) is 24.2 Å². The molecule has 0 radical (unpaired) electrons. The van der Waals surface area contributed by atoms with Gasteiger partial charge in [-0.1, -0.05) is 25.7 Å². The van der Waals surface area contributed by atoms with Crippen molar-refractivity contribution in [2.45, 2.75) is 51.4 Å². The summed E-state index contributed by atoms with van der Waals surface area (Å²) in [5, 5.41) is 0. The minimum Gasteiger partial charge on any atom is -0.299 e. The molecule has 1 heteroatoms. The zero-order valence-corrected chi connectivity index (χ0v) is 8.87. The van der Waals surface area contributed by atoms with E-state index in [0.29, 0.717) is 11.7 Å². The molecule has 3 fully saturated rings. The molecule has 3 rings (SSSR count). The lowest BCUT2D eigenvalue weighted by Gasteiger charge is -2.40. The van der Waals surface area contributed by atoms with Gasteiger partial charge in [0, 0.05) is 12.3 Å². The average molecular weight is 192 g/mol. The molecule has 0 heterocycles. The summed E-state index contributed by atoms with van der Waals surface area (Å²) in [6.45, 7) is 0. The predicted octanol–water partition coefficient (Wildman–Crippen LogP) is 3.18. The van der Waals surface area contributed by atoms with Gasteiger partial charge in [-0.05, 0) is 37.0 Å². The molecule has 0 spiro atoms. The van der Waals surface area contributed by atoms with E-state index >= 15 is 0 Å². The molecule has 0 aromatic rings. The summed E-state index contributed by atoms with van der Waals surface area (Å²) in [6, 6.07) is 0. The topological polar surface area (TPSA) is 17.1 Å². The smallest absolute Gasteiger partial charge is 0.136 e. The quantitative estimate of drug-likeness (QED) is 0.576. The molecular weight excluding hydrogens is 172 g/mol. The summed E-state index contributed by atoms with van der Waals surface area (Å²) in [4.78, 5) is 11.7. The van der Waals surface area contributed by atoms with Crippen LogP contribution in [-0.2, 0) is 4.79 Å². The molecular formula is C13H20O. The summed E-state index contributed by atoms with van der Waals surface area (Å²) >= 11 is 0. The molecule has 1 nitrogen and oxygen atoms in total. The van der Waals surface area contributed by atoms with Crippen LogP contribution in [0.3, 0.4) is 0 Å². The fourth-order valence-corrected chi connectivity index (χ4v) is 4.20. The Balaban J connectivity index is 1.75. The molecule has 0 amide bonds. The summed E-state index contributed by atoms with van der Waals surface area (Å²) in [7, 11) is 0. The normalized spacial score (nSPS) is 47.3. The Kier molecular flexibility index (Phi) is 2.14. The maximum absolute atomic E-state index is 11.7. The molecule has 0 aliphatic heterocycles. The lowest BCUT2D eigenvalue weighted by molar-refractivity contribution is -0.123. The number of ketones is 1. The Morgan fingerprint density at radius 3 is 2.36 bits per heavy atom. The Hall–Kier alpha value is -0.330. The van der Waals surface area contributed by atoms with Gasteiger partial charge in [0.2, 0.25) is 0 Å². The Morgan fingerprint density at radius 1 is 0.857 bits per heavy atom. The third-order valence-corrected chi connectivity index (χ3v) is 4.97. The third-order valence-electron chi connectivity index (χ3n) is 4.97. The summed E-state index contributed by atoms with van der Waals surface area (Å²) in [5.41, 5.74) is 0. The van der Waals surface area contributed by atoms with Crippen molar-refractivity contribution in [3.05, 3.63) is 0 Å². The van der Waals surface area contributed by atoms with Crippen molar-refractivity contribution < 1.29 is 4.79 Å². The maximum atomic E-state index is 11.7. The number of Topliss-reactive ketones (excluding diaryl/α,β-unsaturated/α-hetero) is 1. The highest BCUT2D eigenvalue weighted by atomic mass is 16.1. The van der Waals surface area contributed by atoms with Gasteiger partial charge in [-0.3, -0.25) is 4.79 Å². The highest BCUT2D eigenvalue weighted by Crippen LogP contribution is 2.49. The van der Waals surface area contributed by atoms with Crippen LogP contribution < -0.4 is 0 Å². The van der Waals surface area contributed by atoms with Crippen LogP contribution in [0.2, 0.25) is 0 Å². The van der Waals surface area contributed by atoms with Crippen molar-refractivity contribution in [3.63, 3.8) is 0 Å².